The lowest BCUT2D eigenvalue weighted by atomic mass is 9.92. The van der Waals surface area contributed by atoms with Crippen LogP contribution >= 0.6 is 0 Å². The summed E-state index contributed by atoms with van der Waals surface area (Å²) in [6, 6.07) is 7.85. The molecule has 2 aliphatic rings. The summed E-state index contributed by atoms with van der Waals surface area (Å²) >= 11 is 0. The predicted molar refractivity (Wildman–Crippen MR) is 110 cm³/mol. The molecule has 2 amide bonds. The highest BCUT2D eigenvalue weighted by Gasteiger charge is 2.26. The lowest BCUT2D eigenvalue weighted by Gasteiger charge is -2.35. The van der Waals surface area contributed by atoms with Crippen molar-refractivity contribution in [1.82, 2.24) is 9.80 Å². The number of hydrogen-bond acceptors (Lipinski definition) is 4. The van der Waals surface area contributed by atoms with Crippen LogP contribution in [0.1, 0.15) is 44.1 Å². The third-order valence-corrected chi connectivity index (χ3v) is 5.89. The third kappa shape index (κ3) is 6.31. The van der Waals surface area contributed by atoms with Crippen molar-refractivity contribution >= 4 is 17.5 Å². The van der Waals surface area contributed by atoms with Crippen molar-refractivity contribution in [1.29, 1.82) is 0 Å². The lowest BCUT2D eigenvalue weighted by Crippen LogP contribution is -2.47. The number of nitrogens with one attached hydrogen (secondary N) is 1. The van der Waals surface area contributed by atoms with E-state index in [1.165, 1.54) is 0 Å². The van der Waals surface area contributed by atoms with Crippen LogP contribution < -0.4 is 5.32 Å². The maximum atomic E-state index is 12.5. The van der Waals surface area contributed by atoms with Gasteiger partial charge in [-0.3, -0.25) is 14.5 Å². The van der Waals surface area contributed by atoms with Crippen molar-refractivity contribution in [2.45, 2.75) is 51.6 Å². The van der Waals surface area contributed by atoms with Crippen LogP contribution in [0.2, 0.25) is 0 Å². The van der Waals surface area contributed by atoms with Gasteiger partial charge in [-0.2, -0.15) is 0 Å². The number of aliphatic hydroxyl groups excluding tert-OH is 1. The molecule has 1 aromatic rings. The number of rotatable bonds is 6. The number of benzene rings is 1. The van der Waals surface area contributed by atoms with Gasteiger partial charge in [-0.05, 0) is 69.2 Å². The van der Waals surface area contributed by atoms with Gasteiger partial charge in [0.15, 0.2) is 0 Å². The van der Waals surface area contributed by atoms with Crippen LogP contribution in [0.4, 0.5) is 5.69 Å². The molecule has 0 saturated carbocycles. The van der Waals surface area contributed by atoms with E-state index < -0.39 is 0 Å². The number of anilines is 1. The Balaban J connectivity index is 1.34. The molecule has 0 bridgehead atoms. The monoisotopic (exact) mass is 387 g/mol. The number of nitrogens with zero attached hydrogens (tertiary/aromatic N) is 2. The molecule has 1 aromatic carbocycles. The number of amides is 2. The maximum absolute atomic E-state index is 12.5. The molecule has 0 spiro atoms. The fourth-order valence-electron chi connectivity index (χ4n) is 4.22. The number of carbonyl (C=O) groups is 2. The number of aryl methyl sites for hydroxylation is 1. The third-order valence-electron chi connectivity index (χ3n) is 5.89. The zero-order chi connectivity index (χ0) is 19.9. The van der Waals surface area contributed by atoms with E-state index in [-0.39, 0.29) is 17.9 Å². The quantitative estimate of drug-likeness (QED) is 0.786. The molecule has 28 heavy (non-hydrogen) atoms. The van der Waals surface area contributed by atoms with E-state index >= 15 is 0 Å². The van der Waals surface area contributed by atoms with Crippen molar-refractivity contribution < 1.29 is 14.7 Å². The zero-order valence-electron chi connectivity index (χ0n) is 16.9. The van der Waals surface area contributed by atoms with E-state index in [0.29, 0.717) is 25.4 Å². The standard InChI is InChI=1S/C22H33N3O3/c1-17-4-2-5-19(14-17)23-21(27)8-7-18-9-12-25(13-10-18)22(28)16-24-11-3-6-20(26)15-24/h2,4-5,14,18,20,26H,3,6-13,15-16H2,1H3,(H,23,27)/t20-/m0/s1. The largest absolute Gasteiger partial charge is 0.392 e. The molecular weight excluding hydrogens is 354 g/mol. The summed E-state index contributed by atoms with van der Waals surface area (Å²) in [6.45, 7) is 5.49. The first-order valence-electron chi connectivity index (χ1n) is 10.5. The van der Waals surface area contributed by atoms with Crippen LogP contribution in [0.15, 0.2) is 24.3 Å². The summed E-state index contributed by atoms with van der Waals surface area (Å²) in [5.41, 5.74) is 1.99. The topological polar surface area (TPSA) is 72.9 Å². The molecule has 0 aliphatic carbocycles. The minimum absolute atomic E-state index is 0.0627. The Labute approximate surface area is 167 Å². The Morgan fingerprint density at radius 2 is 1.96 bits per heavy atom. The number of carbonyl (C=O) groups excluding carboxylic acids is 2. The number of piperidine rings is 2. The molecule has 2 saturated heterocycles. The van der Waals surface area contributed by atoms with Gasteiger partial charge in [-0.25, -0.2) is 0 Å². The van der Waals surface area contributed by atoms with Gasteiger partial charge >= 0.3 is 0 Å². The van der Waals surface area contributed by atoms with Crippen molar-refractivity contribution in [3.63, 3.8) is 0 Å². The second-order valence-electron chi connectivity index (χ2n) is 8.31. The molecular formula is C22H33N3O3. The van der Waals surface area contributed by atoms with E-state index in [9.17, 15) is 14.7 Å². The van der Waals surface area contributed by atoms with Crippen LogP contribution in [0, 0.1) is 12.8 Å². The van der Waals surface area contributed by atoms with E-state index in [1.807, 2.05) is 36.1 Å². The van der Waals surface area contributed by atoms with Crippen LogP contribution in [-0.2, 0) is 9.59 Å². The van der Waals surface area contributed by atoms with Gasteiger partial charge in [0.1, 0.15) is 0 Å². The van der Waals surface area contributed by atoms with Gasteiger partial charge in [-0.15, -0.1) is 0 Å². The Morgan fingerprint density at radius 1 is 1.18 bits per heavy atom. The summed E-state index contributed by atoms with van der Waals surface area (Å²) in [5.74, 6) is 0.738. The van der Waals surface area contributed by atoms with Crippen molar-refractivity contribution in [3.05, 3.63) is 29.8 Å². The highest BCUT2D eigenvalue weighted by Crippen LogP contribution is 2.23. The van der Waals surface area contributed by atoms with Crippen LogP contribution in [0.5, 0.6) is 0 Å². The molecule has 0 radical (unpaired) electrons. The highest BCUT2D eigenvalue weighted by atomic mass is 16.3. The normalized spacial score (nSPS) is 21.5. The second kappa shape index (κ2) is 10.0. The average molecular weight is 388 g/mol. The van der Waals surface area contributed by atoms with E-state index in [4.69, 9.17) is 0 Å². The summed E-state index contributed by atoms with van der Waals surface area (Å²) < 4.78 is 0. The van der Waals surface area contributed by atoms with Crippen molar-refractivity contribution in [2.75, 3.05) is 38.0 Å². The van der Waals surface area contributed by atoms with Gasteiger partial charge < -0.3 is 15.3 Å². The molecule has 2 heterocycles. The van der Waals surface area contributed by atoms with Crippen molar-refractivity contribution in [3.8, 4) is 0 Å². The molecule has 0 unspecified atom stereocenters. The summed E-state index contributed by atoms with van der Waals surface area (Å²) in [7, 11) is 0. The molecule has 2 aliphatic heterocycles. The Morgan fingerprint density at radius 3 is 2.68 bits per heavy atom. The average Bonchev–Trinajstić information content (AvgIpc) is 2.67. The first-order valence-corrected chi connectivity index (χ1v) is 10.5. The number of likely N-dealkylation sites (tertiary alicyclic amines) is 2. The molecule has 6 nitrogen and oxygen atoms in total. The molecule has 154 valence electrons. The van der Waals surface area contributed by atoms with Gasteiger partial charge in [0.25, 0.3) is 0 Å². The minimum Gasteiger partial charge on any atom is -0.392 e. The molecule has 1 atom stereocenters. The highest BCUT2D eigenvalue weighted by molar-refractivity contribution is 5.90. The van der Waals surface area contributed by atoms with Gasteiger partial charge in [0.05, 0.1) is 12.6 Å². The molecule has 0 aromatic heterocycles. The van der Waals surface area contributed by atoms with Crippen LogP contribution in [0.25, 0.3) is 0 Å². The Kier molecular flexibility index (Phi) is 7.45. The Hall–Kier alpha value is -1.92. The lowest BCUT2D eigenvalue weighted by molar-refractivity contribution is -0.134. The number of β-amino-alcohol motifs (C(OH)–C–C–N with tert-alkyl or cyclic N) is 1. The van der Waals surface area contributed by atoms with E-state index in [1.54, 1.807) is 0 Å². The first-order chi connectivity index (χ1) is 13.5. The predicted octanol–water partition coefficient (Wildman–Crippen LogP) is 2.41. The van der Waals surface area contributed by atoms with Gasteiger partial charge in [-0.1, -0.05) is 12.1 Å². The minimum atomic E-state index is -0.293. The summed E-state index contributed by atoms with van der Waals surface area (Å²) in [6.07, 6.45) is 4.83. The smallest absolute Gasteiger partial charge is 0.236 e. The maximum Gasteiger partial charge on any atom is 0.236 e. The first kappa shape index (κ1) is 20.8. The fourth-order valence-corrected chi connectivity index (χ4v) is 4.22. The van der Waals surface area contributed by atoms with Crippen LogP contribution in [-0.4, -0.2) is 65.5 Å². The molecule has 2 fully saturated rings. The summed E-state index contributed by atoms with van der Waals surface area (Å²) in [5, 5.41) is 12.7. The van der Waals surface area contributed by atoms with E-state index in [2.05, 4.69) is 10.2 Å². The molecule has 2 N–H and O–H groups in total. The zero-order valence-corrected chi connectivity index (χ0v) is 16.9. The van der Waals surface area contributed by atoms with Gasteiger partial charge in [0.2, 0.25) is 11.8 Å². The SMILES string of the molecule is Cc1cccc(NC(=O)CCC2CCN(C(=O)CN3CCC[C@H](O)C3)CC2)c1. The molecule has 6 heteroatoms. The second-order valence-corrected chi connectivity index (χ2v) is 8.31. The van der Waals surface area contributed by atoms with Gasteiger partial charge in [0, 0.05) is 31.7 Å². The summed E-state index contributed by atoms with van der Waals surface area (Å²) in [4.78, 5) is 28.7. The van der Waals surface area contributed by atoms with Crippen LogP contribution in [0.3, 0.4) is 0 Å². The molecule has 3 rings (SSSR count). The number of hydrogen-bond donors (Lipinski definition) is 2. The van der Waals surface area contributed by atoms with E-state index in [0.717, 1.165) is 63.0 Å². The Bertz CT molecular complexity index is 671. The van der Waals surface area contributed by atoms with Crippen molar-refractivity contribution in [2.24, 2.45) is 5.92 Å². The fraction of sp³-hybridized carbons (Fsp3) is 0.636. The number of aliphatic hydroxyl groups is 1.